The largest absolute Gasteiger partial charge is 0.481 e. The van der Waals surface area contributed by atoms with Crippen molar-refractivity contribution >= 4 is 12.1 Å². The normalized spacial score (nSPS) is 10.1. The van der Waals surface area contributed by atoms with Crippen molar-refractivity contribution in [2.24, 2.45) is 0 Å². The van der Waals surface area contributed by atoms with Crippen molar-refractivity contribution < 1.29 is 19.4 Å². The molecule has 2 N–H and O–H groups in total. The Morgan fingerprint density at radius 2 is 1.44 bits per heavy atom. The van der Waals surface area contributed by atoms with Gasteiger partial charge in [-0.1, -0.05) is 38.5 Å². The zero-order valence-corrected chi connectivity index (χ0v) is 11.2. The summed E-state index contributed by atoms with van der Waals surface area (Å²) in [5.74, 6) is -0.701. The van der Waals surface area contributed by atoms with E-state index in [1.807, 2.05) is 0 Å². The van der Waals surface area contributed by atoms with Gasteiger partial charge < -0.3 is 15.2 Å². The molecule has 106 valence electrons. The standard InChI is InChI=1S/C13H25NO4/c1-18-13(17)14-11-9-7-5-3-2-4-6-8-10-12(15)16/h2-11H2,1H3,(H,14,17)(H,15,16). The Balaban J connectivity index is 3.03. The van der Waals surface area contributed by atoms with Crippen LogP contribution in [0.2, 0.25) is 0 Å². The second kappa shape index (κ2) is 12.2. The van der Waals surface area contributed by atoms with Gasteiger partial charge in [0.05, 0.1) is 7.11 Å². The van der Waals surface area contributed by atoms with Gasteiger partial charge in [-0.25, -0.2) is 4.79 Å². The molecule has 0 spiro atoms. The fourth-order valence-corrected chi connectivity index (χ4v) is 1.72. The smallest absolute Gasteiger partial charge is 0.406 e. The van der Waals surface area contributed by atoms with E-state index >= 15 is 0 Å². The van der Waals surface area contributed by atoms with Gasteiger partial charge in [0.2, 0.25) is 0 Å². The first-order valence-electron chi connectivity index (χ1n) is 6.70. The number of amides is 1. The van der Waals surface area contributed by atoms with Crippen molar-refractivity contribution in [1.29, 1.82) is 0 Å². The van der Waals surface area contributed by atoms with Crippen LogP contribution in [-0.2, 0) is 9.53 Å². The maximum absolute atomic E-state index is 10.7. The lowest BCUT2D eigenvalue weighted by Gasteiger charge is -2.03. The molecule has 0 saturated heterocycles. The van der Waals surface area contributed by atoms with Gasteiger partial charge in [-0.2, -0.15) is 0 Å². The summed E-state index contributed by atoms with van der Waals surface area (Å²) in [5.41, 5.74) is 0. The van der Waals surface area contributed by atoms with E-state index in [0.717, 1.165) is 32.1 Å². The number of ether oxygens (including phenoxy) is 1. The molecular weight excluding hydrogens is 234 g/mol. The van der Waals surface area contributed by atoms with Gasteiger partial charge in [0.1, 0.15) is 0 Å². The van der Waals surface area contributed by atoms with Gasteiger partial charge >= 0.3 is 12.1 Å². The molecule has 0 radical (unpaired) electrons. The predicted molar refractivity (Wildman–Crippen MR) is 69.6 cm³/mol. The fraction of sp³-hybridized carbons (Fsp3) is 0.846. The first-order chi connectivity index (χ1) is 8.66. The summed E-state index contributed by atoms with van der Waals surface area (Å²) in [7, 11) is 1.36. The van der Waals surface area contributed by atoms with E-state index < -0.39 is 5.97 Å². The summed E-state index contributed by atoms with van der Waals surface area (Å²) >= 11 is 0. The number of unbranched alkanes of at least 4 members (excludes halogenated alkanes) is 7. The van der Waals surface area contributed by atoms with Crippen molar-refractivity contribution in [1.82, 2.24) is 5.32 Å². The van der Waals surface area contributed by atoms with Crippen molar-refractivity contribution in [2.45, 2.75) is 57.8 Å². The highest BCUT2D eigenvalue weighted by molar-refractivity contribution is 5.66. The molecule has 5 nitrogen and oxygen atoms in total. The van der Waals surface area contributed by atoms with Gasteiger partial charge in [0.25, 0.3) is 0 Å². The molecule has 1 amide bonds. The number of methoxy groups -OCH3 is 1. The van der Waals surface area contributed by atoms with Crippen LogP contribution in [0.15, 0.2) is 0 Å². The number of alkyl carbamates (subject to hydrolysis) is 1. The SMILES string of the molecule is COC(=O)NCCCCCCCCCCC(=O)O. The minimum atomic E-state index is -0.701. The molecule has 0 atom stereocenters. The number of hydrogen-bond acceptors (Lipinski definition) is 3. The van der Waals surface area contributed by atoms with E-state index in [9.17, 15) is 9.59 Å². The lowest BCUT2D eigenvalue weighted by molar-refractivity contribution is -0.137. The zero-order chi connectivity index (χ0) is 13.6. The lowest BCUT2D eigenvalue weighted by Crippen LogP contribution is -2.23. The Bertz CT molecular complexity index is 231. The Hall–Kier alpha value is -1.26. The molecule has 18 heavy (non-hydrogen) atoms. The summed E-state index contributed by atoms with van der Waals surface area (Å²) in [6.45, 7) is 0.672. The van der Waals surface area contributed by atoms with Crippen LogP contribution >= 0.6 is 0 Å². The second-order valence-corrected chi connectivity index (χ2v) is 4.39. The van der Waals surface area contributed by atoms with Crippen LogP contribution in [0, 0.1) is 0 Å². The maximum Gasteiger partial charge on any atom is 0.406 e. The van der Waals surface area contributed by atoms with E-state index in [2.05, 4.69) is 10.1 Å². The topological polar surface area (TPSA) is 75.6 Å². The number of carbonyl (C=O) groups excluding carboxylic acids is 1. The van der Waals surface area contributed by atoms with Crippen molar-refractivity contribution in [3.63, 3.8) is 0 Å². The molecule has 0 aliphatic rings. The average Bonchev–Trinajstić information content (AvgIpc) is 2.35. The molecule has 0 saturated carbocycles. The van der Waals surface area contributed by atoms with Crippen LogP contribution in [0.5, 0.6) is 0 Å². The van der Waals surface area contributed by atoms with E-state index in [-0.39, 0.29) is 6.09 Å². The van der Waals surface area contributed by atoms with E-state index in [1.165, 1.54) is 26.4 Å². The van der Waals surface area contributed by atoms with Gasteiger partial charge in [-0.05, 0) is 12.8 Å². The third-order valence-electron chi connectivity index (χ3n) is 2.77. The summed E-state index contributed by atoms with van der Waals surface area (Å²) < 4.78 is 4.46. The van der Waals surface area contributed by atoms with Gasteiger partial charge in [0, 0.05) is 13.0 Å². The Morgan fingerprint density at radius 3 is 1.94 bits per heavy atom. The predicted octanol–water partition coefficient (Wildman–Crippen LogP) is 2.94. The molecule has 0 bridgehead atoms. The summed E-state index contributed by atoms with van der Waals surface area (Å²) in [4.78, 5) is 21.0. The average molecular weight is 259 g/mol. The van der Waals surface area contributed by atoms with Crippen LogP contribution in [0.3, 0.4) is 0 Å². The fourth-order valence-electron chi connectivity index (χ4n) is 1.72. The number of hydrogen-bond donors (Lipinski definition) is 2. The highest BCUT2D eigenvalue weighted by Gasteiger charge is 1.98. The molecule has 0 aromatic heterocycles. The Kier molecular flexibility index (Phi) is 11.3. The molecule has 0 aliphatic heterocycles. The molecule has 0 aromatic carbocycles. The molecule has 0 fully saturated rings. The Labute approximate surface area is 109 Å². The zero-order valence-electron chi connectivity index (χ0n) is 11.2. The number of aliphatic carboxylic acids is 1. The van der Waals surface area contributed by atoms with E-state index in [1.54, 1.807) is 0 Å². The van der Waals surface area contributed by atoms with E-state index in [0.29, 0.717) is 13.0 Å². The van der Waals surface area contributed by atoms with E-state index in [4.69, 9.17) is 5.11 Å². The number of nitrogens with one attached hydrogen (secondary N) is 1. The summed E-state index contributed by atoms with van der Waals surface area (Å²) in [6.07, 6.45) is 8.46. The third-order valence-corrected chi connectivity index (χ3v) is 2.77. The van der Waals surface area contributed by atoms with Crippen molar-refractivity contribution in [2.75, 3.05) is 13.7 Å². The quantitative estimate of drug-likeness (QED) is 0.559. The van der Waals surface area contributed by atoms with Gasteiger partial charge in [-0.3, -0.25) is 4.79 Å². The summed E-state index contributed by atoms with van der Waals surface area (Å²) in [5, 5.41) is 11.1. The molecule has 0 rings (SSSR count). The number of carboxylic acids is 1. The third kappa shape index (κ3) is 12.8. The monoisotopic (exact) mass is 259 g/mol. The highest BCUT2D eigenvalue weighted by Crippen LogP contribution is 2.09. The molecular formula is C13H25NO4. The van der Waals surface area contributed by atoms with Crippen LogP contribution in [0.25, 0.3) is 0 Å². The molecule has 5 heteroatoms. The molecule has 0 heterocycles. The molecule has 0 unspecified atom stereocenters. The Morgan fingerprint density at radius 1 is 0.944 bits per heavy atom. The van der Waals surface area contributed by atoms with Crippen molar-refractivity contribution in [3.05, 3.63) is 0 Å². The van der Waals surface area contributed by atoms with Crippen LogP contribution in [0.1, 0.15) is 57.8 Å². The lowest BCUT2D eigenvalue weighted by atomic mass is 10.1. The first-order valence-corrected chi connectivity index (χ1v) is 6.70. The number of carboxylic acid groups (broad SMARTS) is 1. The van der Waals surface area contributed by atoms with Crippen LogP contribution < -0.4 is 5.32 Å². The highest BCUT2D eigenvalue weighted by atomic mass is 16.5. The first kappa shape index (κ1) is 16.7. The number of carbonyl (C=O) groups is 2. The van der Waals surface area contributed by atoms with Crippen LogP contribution in [0.4, 0.5) is 4.79 Å². The minimum absolute atomic E-state index is 0.291. The molecule has 0 aliphatic carbocycles. The minimum Gasteiger partial charge on any atom is -0.481 e. The van der Waals surface area contributed by atoms with Gasteiger partial charge in [-0.15, -0.1) is 0 Å². The van der Waals surface area contributed by atoms with Crippen LogP contribution in [-0.4, -0.2) is 30.8 Å². The maximum atomic E-state index is 10.7. The molecule has 0 aromatic rings. The number of rotatable bonds is 11. The summed E-state index contributed by atoms with van der Waals surface area (Å²) in [6, 6.07) is 0. The van der Waals surface area contributed by atoms with Crippen molar-refractivity contribution in [3.8, 4) is 0 Å². The second-order valence-electron chi connectivity index (χ2n) is 4.39. The van der Waals surface area contributed by atoms with Gasteiger partial charge in [0.15, 0.2) is 0 Å².